The number of aromatic nitrogens is 1. The van der Waals surface area contributed by atoms with Crippen LogP contribution < -0.4 is 4.74 Å². The van der Waals surface area contributed by atoms with Gasteiger partial charge in [0.1, 0.15) is 18.1 Å². The van der Waals surface area contributed by atoms with Gasteiger partial charge in [0.2, 0.25) is 0 Å². The van der Waals surface area contributed by atoms with Gasteiger partial charge >= 0.3 is 0 Å². The van der Waals surface area contributed by atoms with Crippen LogP contribution in [-0.2, 0) is 13.7 Å². The summed E-state index contributed by atoms with van der Waals surface area (Å²) in [6, 6.07) is 8.79. The highest BCUT2D eigenvalue weighted by Crippen LogP contribution is 2.20. The fourth-order valence-electron chi connectivity index (χ4n) is 1.42. The van der Waals surface area contributed by atoms with E-state index >= 15 is 0 Å². The van der Waals surface area contributed by atoms with E-state index in [-0.39, 0.29) is 5.75 Å². The maximum atomic E-state index is 9.27. The summed E-state index contributed by atoms with van der Waals surface area (Å²) < 4.78 is 8.54. The summed E-state index contributed by atoms with van der Waals surface area (Å²) in [4.78, 5) is 0. The molecule has 3 nitrogen and oxygen atoms in total. The Morgan fingerprint density at radius 1 is 1.38 bits per heavy atom. The SMILES string of the molecule is Cn1cc(COc2cccc(O)c2)cc1Br. The lowest BCUT2D eigenvalue weighted by molar-refractivity contribution is 0.304. The molecular weight excluding hydrogens is 270 g/mol. The Labute approximate surface area is 102 Å². The second kappa shape index (κ2) is 4.61. The van der Waals surface area contributed by atoms with Gasteiger partial charge in [-0.05, 0) is 34.1 Å². The number of hydrogen-bond acceptors (Lipinski definition) is 2. The smallest absolute Gasteiger partial charge is 0.123 e. The largest absolute Gasteiger partial charge is 0.508 e. The molecular formula is C12H12BrNO2. The molecule has 1 aromatic carbocycles. The van der Waals surface area contributed by atoms with E-state index in [0.29, 0.717) is 12.4 Å². The molecule has 16 heavy (non-hydrogen) atoms. The van der Waals surface area contributed by atoms with Crippen LogP contribution in [0, 0.1) is 0 Å². The highest BCUT2D eigenvalue weighted by Gasteiger charge is 2.01. The van der Waals surface area contributed by atoms with Gasteiger partial charge in [-0.25, -0.2) is 0 Å². The Morgan fingerprint density at radius 3 is 2.81 bits per heavy atom. The molecule has 1 N–H and O–H groups in total. The Morgan fingerprint density at radius 2 is 2.19 bits per heavy atom. The quantitative estimate of drug-likeness (QED) is 0.938. The van der Waals surface area contributed by atoms with Crippen molar-refractivity contribution in [1.29, 1.82) is 0 Å². The topological polar surface area (TPSA) is 34.4 Å². The molecule has 0 aliphatic heterocycles. The molecule has 0 amide bonds. The first-order valence-corrected chi connectivity index (χ1v) is 5.67. The van der Waals surface area contributed by atoms with Crippen LogP contribution in [0.5, 0.6) is 11.5 Å². The normalized spacial score (nSPS) is 10.4. The van der Waals surface area contributed by atoms with Gasteiger partial charge in [0, 0.05) is 24.9 Å². The first kappa shape index (κ1) is 11.1. The average molecular weight is 282 g/mol. The number of aryl methyl sites for hydroxylation is 1. The average Bonchev–Trinajstić information content (AvgIpc) is 2.56. The maximum absolute atomic E-state index is 9.27. The van der Waals surface area contributed by atoms with E-state index in [4.69, 9.17) is 4.74 Å². The minimum absolute atomic E-state index is 0.215. The number of nitrogens with zero attached hydrogens (tertiary/aromatic N) is 1. The van der Waals surface area contributed by atoms with E-state index in [1.807, 2.05) is 29.9 Å². The van der Waals surface area contributed by atoms with E-state index in [1.54, 1.807) is 18.2 Å². The summed E-state index contributed by atoms with van der Waals surface area (Å²) >= 11 is 3.42. The van der Waals surface area contributed by atoms with Crippen LogP contribution >= 0.6 is 15.9 Å². The molecule has 0 bridgehead atoms. The van der Waals surface area contributed by atoms with Crippen molar-refractivity contribution in [2.24, 2.45) is 7.05 Å². The molecule has 2 aromatic rings. The van der Waals surface area contributed by atoms with E-state index in [0.717, 1.165) is 10.2 Å². The zero-order chi connectivity index (χ0) is 11.5. The van der Waals surface area contributed by atoms with Gasteiger partial charge in [-0.2, -0.15) is 0 Å². The van der Waals surface area contributed by atoms with Crippen LogP contribution in [0.15, 0.2) is 41.1 Å². The number of rotatable bonds is 3. The summed E-state index contributed by atoms with van der Waals surface area (Å²) in [5, 5.41) is 9.27. The lowest BCUT2D eigenvalue weighted by Gasteiger charge is -2.04. The molecule has 0 saturated carbocycles. The molecule has 0 fully saturated rings. The molecule has 0 aliphatic carbocycles. The molecule has 1 aromatic heterocycles. The number of ether oxygens (including phenoxy) is 1. The number of benzene rings is 1. The zero-order valence-corrected chi connectivity index (χ0v) is 10.4. The van der Waals surface area contributed by atoms with Crippen LogP contribution in [0.4, 0.5) is 0 Å². The molecule has 2 rings (SSSR count). The Bertz CT molecular complexity index is 474. The molecule has 0 saturated heterocycles. The molecule has 4 heteroatoms. The van der Waals surface area contributed by atoms with Crippen molar-refractivity contribution in [1.82, 2.24) is 4.57 Å². The van der Waals surface area contributed by atoms with Crippen molar-refractivity contribution >= 4 is 15.9 Å². The van der Waals surface area contributed by atoms with Crippen molar-refractivity contribution in [2.45, 2.75) is 6.61 Å². The molecule has 84 valence electrons. The van der Waals surface area contributed by atoms with Crippen molar-refractivity contribution in [3.8, 4) is 11.5 Å². The van der Waals surface area contributed by atoms with E-state index in [2.05, 4.69) is 15.9 Å². The van der Waals surface area contributed by atoms with Gasteiger partial charge in [-0.3, -0.25) is 0 Å². The molecule has 0 spiro atoms. The molecule has 1 heterocycles. The Balaban J connectivity index is 2.02. The predicted octanol–water partition coefficient (Wildman–Crippen LogP) is 3.07. The summed E-state index contributed by atoms with van der Waals surface area (Å²) in [5.74, 6) is 0.881. The van der Waals surface area contributed by atoms with Crippen molar-refractivity contribution in [3.63, 3.8) is 0 Å². The van der Waals surface area contributed by atoms with E-state index in [9.17, 15) is 5.11 Å². The van der Waals surface area contributed by atoms with Gasteiger partial charge in [-0.15, -0.1) is 0 Å². The third-order valence-electron chi connectivity index (χ3n) is 2.22. The highest BCUT2D eigenvalue weighted by molar-refractivity contribution is 9.10. The third-order valence-corrected chi connectivity index (χ3v) is 3.01. The predicted molar refractivity (Wildman–Crippen MR) is 65.6 cm³/mol. The summed E-state index contributed by atoms with van der Waals surface area (Å²) in [7, 11) is 1.96. The minimum atomic E-state index is 0.215. The Kier molecular flexibility index (Phi) is 3.19. The summed E-state index contributed by atoms with van der Waals surface area (Å²) in [6.45, 7) is 0.489. The Hall–Kier alpha value is -1.42. The molecule has 0 aliphatic rings. The van der Waals surface area contributed by atoms with Gasteiger partial charge in [0.25, 0.3) is 0 Å². The number of halogens is 1. The molecule has 0 atom stereocenters. The summed E-state index contributed by atoms with van der Waals surface area (Å²) in [6.07, 6.45) is 1.99. The first-order valence-electron chi connectivity index (χ1n) is 4.88. The monoisotopic (exact) mass is 281 g/mol. The third kappa shape index (κ3) is 2.58. The maximum Gasteiger partial charge on any atom is 0.123 e. The molecule has 0 radical (unpaired) electrons. The van der Waals surface area contributed by atoms with E-state index < -0.39 is 0 Å². The van der Waals surface area contributed by atoms with Crippen LogP contribution in [0.1, 0.15) is 5.56 Å². The van der Waals surface area contributed by atoms with Crippen LogP contribution in [-0.4, -0.2) is 9.67 Å². The molecule has 0 unspecified atom stereocenters. The van der Waals surface area contributed by atoms with Gasteiger partial charge < -0.3 is 14.4 Å². The van der Waals surface area contributed by atoms with E-state index in [1.165, 1.54) is 0 Å². The van der Waals surface area contributed by atoms with Crippen molar-refractivity contribution in [2.75, 3.05) is 0 Å². The fourth-order valence-corrected chi connectivity index (χ4v) is 1.82. The van der Waals surface area contributed by atoms with Crippen molar-refractivity contribution in [3.05, 3.63) is 46.7 Å². The number of aromatic hydroxyl groups is 1. The zero-order valence-electron chi connectivity index (χ0n) is 8.85. The highest BCUT2D eigenvalue weighted by atomic mass is 79.9. The van der Waals surface area contributed by atoms with Gasteiger partial charge in [0.15, 0.2) is 0 Å². The second-order valence-corrected chi connectivity index (χ2v) is 4.38. The number of phenols is 1. The van der Waals surface area contributed by atoms with Gasteiger partial charge in [-0.1, -0.05) is 6.07 Å². The summed E-state index contributed by atoms with van der Waals surface area (Å²) in [5.41, 5.74) is 1.08. The lowest BCUT2D eigenvalue weighted by Crippen LogP contribution is -1.93. The van der Waals surface area contributed by atoms with Crippen LogP contribution in [0.25, 0.3) is 0 Å². The van der Waals surface area contributed by atoms with Crippen LogP contribution in [0.2, 0.25) is 0 Å². The van der Waals surface area contributed by atoms with Gasteiger partial charge in [0.05, 0.1) is 4.60 Å². The fraction of sp³-hybridized carbons (Fsp3) is 0.167. The standard InChI is InChI=1S/C12H12BrNO2/c1-14-7-9(5-12(14)13)8-16-11-4-2-3-10(15)6-11/h2-7,15H,8H2,1H3. The lowest BCUT2D eigenvalue weighted by atomic mass is 10.3. The van der Waals surface area contributed by atoms with Crippen molar-refractivity contribution < 1.29 is 9.84 Å². The first-order chi connectivity index (χ1) is 7.65. The second-order valence-electron chi connectivity index (χ2n) is 3.57. The number of phenolic OH excluding ortho intramolecular Hbond substituents is 1. The minimum Gasteiger partial charge on any atom is -0.508 e. The number of hydrogen-bond donors (Lipinski definition) is 1. The van der Waals surface area contributed by atoms with Crippen LogP contribution in [0.3, 0.4) is 0 Å².